The third kappa shape index (κ3) is 4.53. The molecule has 0 unspecified atom stereocenters. The number of amides is 2. The first-order valence-corrected chi connectivity index (χ1v) is 6.76. The van der Waals surface area contributed by atoms with Gasteiger partial charge in [-0.15, -0.1) is 11.3 Å². The predicted octanol–water partition coefficient (Wildman–Crippen LogP) is 1.11. The van der Waals surface area contributed by atoms with Gasteiger partial charge in [0.25, 0.3) is 0 Å². The lowest BCUT2D eigenvalue weighted by Crippen LogP contribution is -2.51. The van der Waals surface area contributed by atoms with Crippen LogP contribution in [0.3, 0.4) is 0 Å². The number of nitrogens with one attached hydrogen (secondary N) is 1. The topological polar surface area (TPSA) is 89.9 Å². The van der Waals surface area contributed by atoms with Gasteiger partial charge in [-0.05, 0) is 25.3 Å². The van der Waals surface area contributed by atoms with E-state index in [-0.39, 0.29) is 6.04 Å². The van der Waals surface area contributed by atoms with Crippen molar-refractivity contribution in [1.29, 1.82) is 0 Å². The van der Waals surface area contributed by atoms with Crippen molar-refractivity contribution in [2.75, 3.05) is 6.61 Å². The van der Waals surface area contributed by atoms with Gasteiger partial charge < -0.3 is 20.4 Å². The van der Waals surface area contributed by atoms with Crippen LogP contribution in [0, 0.1) is 0 Å². The molecule has 0 aliphatic rings. The molecule has 0 saturated carbocycles. The summed E-state index contributed by atoms with van der Waals surface area (Å²) in [6.07, 6.45) is 0. The highest BCUT2D eigenvalue weighted by atomic mass is 32.1. The quantitative estimate of drug-likeness (QED) is 0.731. The minimum atomic E-state index is -1.28. The Bertz CT molecular complexity index is 419. The van der Waals surface area contributed by atoms with E-state index in [1.54, 1.807) is 0 Å². The molecule has 0 saturated heterocycles. The SMILES string of the molecule is CC(C)N(Cc1cccs1)C(=O)N[C@H](CO)C(=O)O. The van der Waals surface area contributed by atoms with Crippen molar-refractivity contribution in [1.82, 2.24) is 10.2 Å². The van der Waals surface area contributed by atoms with E-state index in [9.17, 15) is 9.59 Å². The number of carbonyl (C=O) groups is 2. The second-order valence-corrected chi connectivity index (χ2v) is 5.36. The minimum absolute atomic E-state index is 0.0739. The monoisotopic (exact) mass is 286 g/mol. The first-order chi connectivity index (χ1) is 8.95. The van der Waals surface area contributed by atoms with Gasteiger partial charge in [-0.3, -0.25) is 0 Å². The fourth-order valence-electron chi connectivity index (χ4n) is 1.48. The van der Waals surface area contributed by atoms with Crippen molar-refractivity contribution in [3.8, 4) is 0 Å². The van der Waals surface area contributed by atoms with Crippen LogP contribution in [0.15, 0.2) is 17.5 Å². The van der Waals surface area contributed by atoms with Crippen LogP contribution >= 0.6 is 11.3 Å². The first-order valence-electron chi connectivity index (χ1n) is 5.89. The Kier molecular flexibility index (Phi) is 5.78. The lowest BCUT2D eigenvalue weighted by molar-refractivity contribution is -0.140. The number of hydrogen-bond donors (Lipinski definition) is 3. The highest BCUT2D eigenvalue weighted by Crippen LogP contribution is 2.14. The summed E-state index contributed by atoms with van der Waals surface area (Å²) >= 11 is 1.53. The summed E-state index contributed by atoms with van der Waals surface area (Å²) in [6.45, 7) is 3.48. The fraction of sp³-hybridized carbons (Fsp3) is 0.500. The van der Waals surface area contributed by atoms with E-state index >= 15 is 0 Å². The number of aliphatic hydroxyl groups is 1. The van der Waals surface area contributed by atoms with Crippen molar-refractivity contribution < 1.29 is 19.8 Å². The third-order valence-corrected chi connectivity index (χ3v) is 3.43. The Morgan fingerprint density at radius 2 is 2.16 bits per heavy atom. The van der Waals surface area contributed by atoms with E-state index in [4.69, 9.17) is 10.2 Å². The molecule has 2 amide bonds. The molecule has 0 bridgehead atoms. The molecule has 0 radical (unpaired) electrons. The molecule has 1 aromatic heterocycles. The van der Waals surface area contributed by atoms with Crippen LogP contribution in [-0.2, 0) is 11.3 Å². The summed E-state index contributed by atoms with van der Waals surface area (Å²) in [4.78, 5) is 25.4. The van der Waals surface area contributed by atoms with Crippen LogP contribution in [-0.4, -0.2) is 45.8 Å². The first kappa shape index (κ1) is 15.5. The third-order valence-electron chi connectivity index (χ3n) is 2.57. The fourth-order valence-corrected chi connectivity index (χ4v) is 2.18. The normalized spacial score (nSPS) is 12.2. The summed E-state index contributed by atoms with van der Waals surface area (Å²) in [5, 5.41) is 21.9. The maximum atomic E-state index is 12.0. The van der Waals surface area contributed by atoms with E-state index in [1.165, 1.54) is 16.2 Å². The number of urea groups is 1. The molecule has 1 aromatic rings. The summed E-state index contributed by atoms with van der Waals surface area (Å²) in [5.74, 6) is -1.25. The van der Waals surface area contributed by atoms with E-state index in [2.05, 4.69) is 5.32 Å². The molecule has 0 spiro atoms. The van der Waals surface area contributed by atoms with Gasteiger partial charge in [0, 0.05) is 10.9 Å². The van der Waals surface area contributed by atoms with Crippen LogP contribution in [0.5, 0.6) is 0 Å². The zero-order valence-corrected chi connectivity index (χ0v) is 11.7. The molecule has 1 heterocycles. The second-order valence-electron chi connectivity index (χ2n) is 4.32. The number of carbonyl (C=O) groups excluding carboxylic acids is 1. The number of nitrogens with zero attached hydrogens (tertiary/aromatic N) is 1. The van der Waals surface area contributed by atoms with E-state index in [1.807, 2.05) is 31.4 Å². The van der Waals surface area contributed by atoms with E-state index in [0.717, 1.165) is 4.88 Å². The average Bonchev–Trinajstić information content (AvgIpc) is 2.84. The van der Waals surface area contributed by atoms with Crippen LogP contribution in [0.2, 0.25) is 0 Å². The molecular formula is C12H18N2O4S. The highest BCUT2D eigenvalue weighted by molar-refractivity contribution is 7.09. The molecule has 1 rings (SSSR count). The predicted molar refractivity (Wildman–Crippen MR) is 72.0 cm³/mol. The minimum Gasteiger partial charge on any atom is -0.480 e. The Morgan fingerprint density at radius 1 is 1.47 bits per heavy atom. The van der Waals surface area contributed by atoms with Crippen molar-refractivity contribution in [2.24, 2.45) is 0 Å². The molecular weight excluding hydrogens is 268 g/mol. The van der Waals surface area contributed by atoms with Gasteiger partial charge in [0.15, 0.2) is 6.04 Å². The molecule has 3 N–H and O–H groups in total. The Balaban J connectivity index is 2.70. The van der Waals surface area contributed by atoms with Crippen molar-refractivity contribution in [3.63, 3.8) is 0 Å². The summed E-state index contributed by atoms with van der Waals surface area (Å²) in [6, 6.07) is 1.95. The van der Waals surface area contributed by atoms with Gasteiger partial charge in [0.1, 0.15) is 0 Å². The summed E-state index contributed by atoms with van der Waals surface area (Å²) < 4.78 is 0. The number of aliphatic carboxylic acids is 1. The number of thiophene rings is 1. The largest absolute Gasteiger partial charge is 0.480 e. The van der Waals surface area contributed by atoms with Gasteiger partial charge in [0.2, 0.25) is 0 Å². The molecule has 0 aliphatic carbocycles. The second kappa shape index (κ2) is 7.10. The van der Waals surface area contributed by atoms with Gasteiger partial charge in [-0.25, -0.2) is 9.59 Å². The van der Waals surface area contributed by atoms with Crippen LogP contribution in [0.4, 0.5) is 4.79 Å². The Labute approximate surface area is 115 Å². The molecule has 106 valence electrons. The van der Waals surface area contributed by atoms with E-state index in [0.29, 0.717) is 6.54 Å². The number of hydrogen-bond acceptors (Lipinski definition) is 4. The van der Waals surface area contributed by atoms with Gasteiger partial charge >= 0.3 is 12.0 Å². The standard InChI is InChI=1S/C12H18N2O4S/c1-8(2)14(6-9-4-3-5-19-9)12(18)13-10(7-15)11(16)17/h3-5,8,10,15H,6-7H2,1-2H3,(H,13,18)(H,16,17)/t10-/m1/s1. The zero-order chi connectivity index (χ0) is 14.4. The van der Waals surface area contributed by atoms with E-state index < -0.39 is 24.6 Å². The van der Waals surface area contributed by atoms with Gasteiger partial charge in [-0.2, -0.15) is 0 Å². The molecule has 1 atom stereocenters. The molecule has 0 aliphatic heterocycles. The van der Waals surface area contributed by atoms with Crippen LogP contribution in [0.25, 0.3) is 0 Å². The maximum absolute atomic E-state index is 12.0. The summed E-state index contributed by atoms with van der Waals surface area (Å²) in [5.41, 5.74) is 0. The smallest absolute Gasteiger partial charge is 0.328 e. The number of aliphatic hydroxyl groups excluding tert-OH is 1. The molecule has 6 nitrogen and oxygen atoms in total. The van der Waals surface area contributed by atoms with Gasteiger partial charge in [0.05, 0.1) is 13.2 Å². The average molecular weight is 286 g/mol. The van der Waals surface area contributed by atoms with Crippen LogP contribution in [0.1, 0.15) is 18.7 Å². The van der Waals surface area contributed by atoms with Crippen molar-refractivity contribution in [2.45, 2.75) is 32.5 Å². The lowest BCUT2D eigenvalue weighted by atomic mass is 10.3. The maximum Gasteiger partial charge on any atom is 0.328 e. The zero-order valence-electron chi connectivity index (χ0n) is 10.9. The van der Waals surface area contributed by atoms with Gasteiger partial charge in [-0.1, -0.05) is 6.07 Å². The number of rotatable bonds is 6. The lowest BCUT2D eigenvalue weighted by Gasteiger charge is -2.27. The number of carboxylic acids is 1. The van der Waals surface area contributed by atoms with Crippen molar-refractivity contribution in [3.05, 3.63) is 22.4 Å². The molecule has 19 heavy (non-hydrogen) atoms. The summed E-state index contributed by atoms with van der Waals surface area (Å²) in [7, 11) is 0. The highest BCUT2D eigenvalue weighted by Gasteiger charge is 2.24. The molecule has 7 heteroatoms. The Morgan fingerprint density at radius 3 is 2.58 bits per heavy atom. The number of carboxylic acid groups (broad SMARTS) is 1. The van der Waals surface area contributed by atoms with Crippen LogP contribution < -0.4 is 5.32 Å². The Hall–Kier alpha value is -1.60. The van der Waals surface area contributed by atoms with Crippen molar-refractivity contribution >= 4 is 23.3 Å². The molecule has 0 aromatic carbocycles. The molecule has 0 fully saturated rings.